The summed E-state index contributed by atoms with van der Waals surface area (Å²) in [6.07, 6.45) is 13.3. The van der Waals surface area contributed by atoms with Crippen LogP contribution in [0.5, 0.6) is 0 Å². The Morgan fingerprint density at radius 1 is 1.24 bits per heavy atom. The lowest BCUT2D eigenvalue weighted by molar-refractivity contribution is -0.117. The highest BCUT2D eigenvalue weighted by Gasteiger charge is 2.57. The molecular weight excluding hydrogens is 312 g/mol. The van der Waals surface area contributed by atoms with Gasteiger partial charge in [0.1, 0.15) is 6.26 Å². The minimum atomic E-state index is 0.151. The van der Waals surface area contributed by atoms with Gasteiger partial charge >= 0.3 is 0 Å². The first-order chi connectivity index (χ1) is 12.0. The van der Waals surface area contributed by atoms with Gasteiger partial charge in [-0.25, -0.2) is 0 Å². The van der Waals surface area contributed by atoms with Crippen molar-refractivity contribution < 1.29 is 9.32 Å². The van der Waals surface area contributed by atoms with Crippen LogP contribution in [0.3, 0.4) is 0 Å². The van der Waals surface area contributed by atoms with E-state index in [-0.39, 0.29) is 16.6 Å². The largest absolute Gasteiger partial charge is 0.387 e. The van der Waals surface area contributed by atoms with Crippen molar-refractivity contribution in [2.24, 2.45) is 28.6 Å². The third kappa shape index (κ3) is 2.00. The van der Waals surface area contributed by atoms with E-state index in [1.165, 1.54) is 24.1 Å². The van der Waals surface area contributed by atoms with Gasteiger partial charge in [0.15, 0.2) is 5.78 Å². The normalized spacial score (nSPS) is 42.6. The Bertz CT molecular complexity index is 778. The Balaban J connectivity index is 1.49. The second kappa shape index (κ2) is 5.09. The Labute approximate surface area is 148 Å². The molecule has 4 heteroatoms. The minimum absolute atomic E-state index is 0.151. The van der Waals surface area contributed by atoms with E-state index in [1.807, 2.05) is 12.3 Å². The molecule has 1 N–H and O–H groups in total. The Morgan fingerprint density at radius 2 is 2.12 bits per heavy atom. The molecule has 2 heterocycles. The fourth-order valence-electron chi connectivity index (χ4n) is 6.50. The second-order valence-corrected chi connectivity index (χ2v) is 8.92. The molecule has 0 aromatic carbocycles. The molecule has 3 aliphatic carbocycles. The number of rotatable bonds is 1. The van der Waals surface area contributed by atoms with Gasteiger partial charge in [-0.1, -0.05) is 25.1 Å². The number of piperidine rings is 1. The Hall–Kier alpha value is -1.84. The van der Waals surface area contributed by atoms with E-state index in [1.54, 1.807) is 6.26 Å². The molecule has 1 aromatic heterocycles. The van der Waals surface area contributed by atoms with E-state index in [4.69, 9.17) is 4.52 Å². The first-order valence-electron chi connectivity index (χ1n) is 9.62. The molecule has 0 spiro atoms. The van der Waals surface area contributed by atoms with Gasteiger partial charge < -0.3 is 9.84 Å². The smallest absolute Gasteiger partial charge is 0.157 e. The fraction of sp³-hybridized carbons (Fsp3) is 0.619. The van der Waals surface area contributed by atoms with Crippen molar-refractivity contribution in [3.8, 4) is 0 Å². The zero-order valence-corrected chi connectivity index (χ0v) is 15.0. The number of carbonyl (C=O) groups is 1. The number of hydrogen-bond acceptors (Lipinski definition) is 4. The van der Waals surface area contributed by atoms with Gasteiger partial charge in [0, 0.05) is 35.7 Å². The minimum Gasteiger partial charge on any atom is -0.387 e. The molecule has 132 valence electrons. The standard InChI is InChI=1S/C21H26N2O2/c1-20-8-6-18-15(11-22-19-9-14(24)5-7-21(18,19)2)17(20)4-3-16(20)13-10-23-25-12-13/h3,9-10,12,15,17-18,22H,4-8,11H2,1-2H3/t15-,17-,18-,20+,21+/m0/s1. The molecule has 2 fully saturated rings. The summed E-state index contributed by atoms with van der Waals surface area (Å²) in [6.45, 7) is 5.84. The highest BCUT2D eigenvalue weighted by Crippen LogP contribution is 2.64. The summed E-state index contributed by atoms with van der Waals surface area (Å²) in [5.41, 5.74) is 4.16. The van der Waals surface area contributed by atoms with Crippen LogP contribution in [-0.2, 0) is 4.79 Å². The lowest BCUT2D eigenvalue weighted by atomic mass is 9.50. The Kier molecular flexibility index (Phi) is 3.14. The highest BCUT2D eigenvalue weighted by molar-refractivity contribution is 5.91. The van der Waals surface area contributed by atoms with Crippen LogP contribution in [0.4, 0.5) is 0 Å². The van der Waals surface area contributed by atoms with Crippen LogP contribution in [-0.4, -0.2) is 17.5 Å². The van der Waals surface area contributed by atoms with Crippen LogP contribution < -0.4 is 5.32 Å². The Morgan fingerprint density at radius 3 is 2.92 bits per heavy atom. The van der Waals surface area contributed by atoms with E-state index in [0.717, 1.165) is 24.9 Å². The topological polar surface area (TPSA) is 55.1 Å². The highest BCUT2D eigenvalue weighted by atomic mass is 16.5. The molecule has 1 saturated heterocycles. The molecule has 4 aliphatic rings. The third-order valence-corrected chi connectivity index (χ3v) is 7.92. The maximum Gasteiger partial charge on any atom is 0.157 e. The summed E-state index contributed by atoms with van der Waals surface area (Å²) in [5.74, 6) is 2.31. The summed E-state index contributed by atoms with van der Waals surface area (Å²) in [5, 5.41) is 7.58. The first kappa shape index (κ1) is 15.4. The van der Waals surface area contributed by atoms with Crippen LogP contribution in [0, 0.1) is 28.6 Å². The number of carbonyl (C=O) groups excluding carboxylic acids is 1. The molecule has 5 atom stereocenters. The SMILES string of the molecule is C[C@]12CCC(=O)C=C1NC[C@@H]1[C@@H]2CC[C@]2(C)C(c3cnoc3)=CC[C@@H]12. The molecule has 4 nitrogen and oxygen atoms in total. The van der Waals surface area contributed by atoms with E-state index in [2.05, 4.69) is 30.4 Å². The maximum absolute atomic E-state index is 11.9. The number of nitrogens with zero attached hydrogens (tertiary/aromatic N) is 1. The average Bonchev–Trinajstić information content (AvgIpc) is 3.22. The predicted octanol–water partition coefficient (Wildman–Crippen LogP) is 3.97. The van der Waals surface area contributed by atoms with E-state index >= 15 is 0 Å². The first-order valence-corrected chi connectivity index (χ1v) is 9.62. The lowest BCUT2D eigenvalue weighted by Crippen LogP contribution is -2.56. The molecule has 1 aromatic rings. The molecule has 25 heavy (non-hydrogen) atoms. The zero-order chi connectivity index (χ0) is 17.2. The van der Waals surface area contributed by atoms with Gasteiger partial charge in [-0.05, 0) is 54.4 Å². The van der Waals surface area contributed by atoms with E-state index in [9.17, 15) is 4.79 Å². The van der Waals surface area contributed by atoms with Crippen LogP contribution in [0.2, 0.25) is 0 Å². The average molecular weight is 338 g/mol. The van der Waals surface area contributed by atoms with Crippen molar-refractivity contribution in [1.82, 2.24) is 10.5 Å². The number of fused-ring (bicyclic) bond motifs is 5. The molecule has 0 amide bonds. The van der Waals surface area contributed by atoms with Crippen molar-refractivity contribution in [2.75, 3.05) is 6.54 Å². The van der Waals surface area contributed by atoms with Gasteiger partial charge in [0.05, 0.1) is 6.20 Å². The van der Waals surface area contributed by atoms with Crippen LogP contribution >= 0.6 is 0 Å². The summed E-state index contributed by atoms with van der Waals surface area (Å²) in [4.78, 5) is 11.9. The predicted molar refractivity (Wildman–Crippen MR) is 95.3 cm³/mol. The molecule has 5 rings (SSSR count). The van der Waals surface area contributed by atoms with Crippen molar-refractivity contribution in [1.29, 1.82) is 0 Å². The molecule has 0 unspecified atom stereocenters. The van der Waals surface area contributed by atoms with Crippen LogP contribution in [0.25, 0.3) is 5.57 Å². The number of aromatic nitrogens is 1. The van der Waals surface area contributed by atoms with Crippen LogP contribution in [0.1, 0.15) is 51.5 Å². The fourth-order valence-corrected chi connectivity index (χ4v) is 6.50. The van der Waals surface area contributed by atoms with Crippen LogP contribution in [0.15, 0.2) is 34.8 Å². The van der Waals surface area contributed by atoms with Gasteiger partial charge in [-0.2, -0.15) is 0 Å². The zero-order valence-electron chi connectivity index (χ0n) is 15.0. The molecule has 1 saturated carbocycles. The van der Waals surface area contributed by atoms with Crippen molar-refractivity contribution >= 4 is 11.4 Å². The summed E-state index contributed by atoms with van der Waals surface area (Å²) < 4.78 is 5.11. The number of hydrogen-bond donors (Lipinski definition) is 1. The van der Waals surface area contributed by atoms with E-state index in [0.29, 0.717) is 24.2 Å². The van der Waals surface area contributed by atoms with Gasteiger partial charge in [0.2, 0.25) is 0 Å². The molecule has 0 radical (unpaired) electrons. The molecule has 0 bridgehead atoms. The quantitative estimate of drug-likeness (QED) is 0.842. The molecule has 1 aliphatic heterocycles. The maximum atomic E-state index is 11.9. The van der Waals surface area contributed by atoms with Gasteiger partial charge in [-0.3, -0.25) is 4.79 Å². The number of allylic oxidation sites excluding steroid dienone is 4. The molecular formula is C21H26N2O2. The second-order valence-electron chi connectivity index (χ2n) is 8.92. The van der Waals surface area contributed by atoms with Crippen molar-refractivity contribution in [3.63, 3.8) is 0 Å². The number of ketones is 1. The monoisotopic (exact) mass is 338 g/mol. The summed E-state index contributed by atoms with van der Waals surface area (Å²) in [6, 6.07) is 0. The van der Waals surface area contributed by atoms with Crippen molar-refractivity contribution in [2.45, 2.75) is 46.0 Å². The summed E-state index contributed by atoms with van der Waals surface area (Å²) in [7, 11) is 0. The lowest BCUT2D eigenvalue weighted by Gasteiger charge is -2.57. The third-order valence-electron chi connectivity index (χ3n) is 7.92. The number of nitrogens with one attached hydrogen (secondary N) is 1. The van der Waals surface area contributed by atoms with Gasteiger partial charge in [0.25, 0.3) is 0 Å². The van der Waals surface area contributed by atoms with Gasteiger partial charge in [-0.15, -0.1) is 0 Å². The summed E-state index contributed by atoms with van der Waals surface area (Å²) >= 11 is 0. The van der Waals surface area contributed by atoms with Crippen molar-refractivity contribution in [3.05, 3.63) is 35.9 Å². The van der Waals surface area contributed by atoms with E-state index < -0.39 is 0 Å².